The van der Waals surface area contributed by atoms with E-state index in [1.54, 1.807) is 0 Å². The van der Waals surface area contributed by atoms with Gasteiger partial charge in [-0.15, -0.1) is 0 Å². The molecule has 0 fully saturated rings. The van der Waals surface area contributed by atoms with Gasteiger partial charge in [0, 0.05) is 0 Å². The molecular formula is C30H26O3. The van der Waals surface area contributed by atoms with Crippen LogP contribution in [-0.2, 0) is 16.0 Å². The lowest BCUT2D eigenvalue weighted by Gasteiger charge is -2.08. The van der Waals surface area contributed by atoms with Crippen LogP contribution in [0.15, 0.2) is 109 Å². The molecule has 0 saturated heterocycles. The van der Waals surface area contributed by atoms with E-state index in [1.165, 1.54) is 18.2 Å². The number of ether oxygens (including phenoxy) is 2. The van der Waals surface area contributed by atoms with Gasteiger partial charge in [0.2, 0.25) is 0 Å². The van der Waals surface area contributed by atoms with Gasteiger partial charge in [-0.25, -0.2) is 0 Å². The fourth-order valence-corrected chi connectivity index (χ4v) is 3.61. The van der Waals surface area contributed by atoms with Gasteiger partial charge in [0.05, 0.1) is 13.5 Å². The zero-order valence-corrected chi connectivity index (χ0v) is 18.6. The average Bonchev–Trinajstić information content (AvgIpc) is 2.88. The fraction of sp³-hybridized carbons (Fsp3) is 0.100. The molecule has 0 unspecified atom stereocenters. The van der Waals surface area contributed by atoms with Crippen LogP contribution in [0, 0.1) is 0 Å². The molecule has 0 aliphatic rings. The van der Waals surface area contributed by atoms with Gasteiger partial charge in [0.25, 0.3) is 0 Å². The van der Waals surface area contributed by atoms with Gasteiger partial charge < -0.3 is 9.47 Å². The predicted octanol–water partition coefficient (Wildman–Crippen LogP) is 6.83. The van der Waals surface area contributed by atoms with Crippen LogP contribution in [0.1, 0.15) is 11.1 Å². The number of methoxy groups -OCH3 is 1. The van der Waals surface area contributed by atoms with E-state index in [9.17, 15) is 4.79 Å². The van der Waals surface area contributed by atoms with Gasteiger partial charge in [0.1, 0.15) is 12.4 Å². The van der Waals surface area contributed by atoms with E-state index < -0.39 is 0 Å². The van der Waals surface area contributed by atoms with Crippen LogP contribution in [-0.4, -0.2) is 19.7 Å². The van der Waals surface area contributed by atoms with Crippen molar-refractivity contribution in [1.29, 1.82) is 0 Å². The Hall–Kier alpha value is -4.11. The van der Waals surface area contributed by atoms with Crippen LogP contribution in [0.5, 0.6) is 5.75 Å². The highest BCUT2D eigenvalue weighted by Gasteiger charge is 2.05. The van der Waals surface area contributed by atoms with Gasteiger partial charge in [-0.05, 0) is 51.6 Å². The zero-order valence-electron chi connectivity index (χ0n) is 18.6. The van der Waals surface area contributed by atoms with E-state index in [2.05, 4.69) is 54.6 Å². The minimum Gasteiger partial charge on any atom is -0.490 e. The fourth-order valence-electron chi connectivity index (χ4n) is 3.61. The molecule has 0 N–H and O–H groups in total. The molecule has 33 heavy (non-hydrogen) atoms. The molecule has 0 spiro atoms. The first-order chi connectivity index (χ1) is 16.2. The molecule has 0 amide bonds. The SMILES string of the molecule is COC(=O)Cc1cccc(-c2cccc(OCC=Cc3ccc(-c4ccccc4)cc3)c2)c1. The molecule has 0 saturated carbocycles. The van der Waals surface area contributed by atoms with E-state index in [4.69, 9.17) is 9.47 Å². The maximum atomic E-state index is 11.6. The summed E-state index contributed by atoms with van der Waals surface area (Å²) in [5.74, 6) is 0.556. The molecule has 0 bridgehead atoms. The smallest absolute Gasteiger partial charge is 0.309 e. The number of hydrogen-bond donors (Lipinski definition) is 0. The van der Waals surface area contributed by atoms with Crippen LogP contribution in [0.4, 0.5) is 0 Å². The number of esters is 1. The van der Waals surface area contributed by atoms with Crippen molar-refractivity contribution in [3.05, 3.63) is 120 Å². The third-order valence-corrected chi connectivity index (χ3v) is 5.34. The first kappa shape index (κ1) is 22.1. The normalized spacial score (nSPS) is 10.8. The van der Waals surface area contributed by atoms with Gasteiger partial charge in [-0.1, -0.05) is 97.1 Å². The van der Waals surface area contributed by atoms with Crippen molar-refractivity contribution in [2.24, 2.45) is 0 Å². The highest BCUT2D eigenvalue weighted by molar-refractivity contribution is 5.74. The van der Waals surface area contributed by atoms with E-state index >= 15 is 0 Å². The number of rotatable bonds is 8. The highest BCUT2D eigenvalue weighted by Crippen LogP contribution is 2.25. The Bertz CT molecular complexity index is 1220. The van der Waals surface area contributed by atoms with Gasteiger partial charge in [-0.2, -0.15) is 0 Å². The maximum absolute atomic E-state index is 11.6. The molecule has 3 nitrogen and oxygen atoms in total. The molecule has 4 aromatic rings. The Balaban J connectivity index is 1.36. The zero-order chi connectivity index (χ0) is 22.9. The van der Waals surface area contributed by atoms with Crippen molar-refractivity contribution in [2.45, 2.75) is 6.42 Å². The summed E-state index contributed by atoms with van der Waals surface area (Å²) in [5.41, 5.74) is 6.56. The summed E-state index contributed by atoms with van der Waals surface area (Å²) in [6, 6.07) is 34.7. The van der Waals surface area contributed by atoms with Crippen molar-refractivity contribution in [3.8, 4) is 28.0 Å². The van der Waals surface area contributed by atoms with Crippen LogP contribution in [0.2, 0.25) is 0 Å². The quantitative estimate of drug-likeness (QED) is 0.285. The lowest BCUT2D eigenvalue weighted by atomic mass is 10.0. The minimum atomic E-state index is -0.245. The van der Waals surface area contributed by atoms with Crippen LogP contribution >= 0.6 is 0 Å². The Morgan fingerprint density at radius 1 is 0.727 bits per heavy atom. The van der Waals surface area contributed by atoms with E-state index in [0.717, 1.165) is 28.0 Å². The maximum Gasteiger partial charge on any atom is 0.309 e. The topological polar surface area (TPSA) is 35.5 Å². The number of hydrogen-bond acceptors (Lipinski definition) is 3. The van der Waals surface area contributed by atoms with Crippen molar-refractivity contribution < 1.29 is 14.3 Å². The lowest BCUT2D eigenvalue weighted by molar-refractivity contribution is -0.139. The summed E-state index contributed by atoms with van der Waals surface area (Å²) < 4.78 is 10.7. The number of carbonyl (C=O) groups is 1. The standard InChI is InChI=1S/C30H26O3/c1-32-30(31)21-24-8-5-12-27(20-24)28-13-6-14-29(22-28)33-19-7-9-23-15-17-26(18-16-23)25-10-3-2-4-11-25/h2-18,20,22H,19,21H2,1H3. The summed E-state index contributed by atoms with van der Waals surface area (Å²) in [5, 5.41) is 0. The molecule has 0 aliphatic heterocycles. The Labute approximate surface area is 194 Å². The summed E-state index contributed by atoms with van der Waals surface area (Å²) in [4.78, 5) is 11.6. The summed E-state index contributed by atoms with van der Waals surface area (Å²) in [6.07, 6.45) is 4.34. The second-order valence-electron chi connectivity index (χ2n) is 7.68. The average molecular weight is 435 g/mol. The molecule has 0 aromatic heterocycles. The predicted molar refractivity (Wildman–Crippen MR) is 134 cm³/mol. The Morgan fingerprint density at radius 3 is 2.15 bits per heavy atom. The van der Waals surface area contributed by atoms with Gasteiger partial charge in [-0.3, -0.25) is 4.79 Å². The summed E-state index contributed by atoms with van der Waals surface area (Å²) >= 11 is 0. The number of benzene rings is 4. The Kier molecular flexibility index (Phi) is 7.34. The van der Waals surface area contributed by atoms with E-state index in [-0.39, 0.29) is 12.4 Å². The second kappa shape index (κ2) is 11.0. The molecular weight excluding hydrogens is 408 g/mol. The first-order valence-electron chi connectivity index (χ1n) is 10.9. The summed E-state index contributed by atoms with van der Waals surface area (Å²) in [7, 11) is 1.40. The number of carbonyl (C=O) groups excluding carboxylic acids is 1. The molecule has 3 heteroatoms. The third kappa shape index (κ3) is 6.20. The summed E-state index contributed by atoms with van der Waals surface area (Å²) in [6.45, 7) is 0.478. The molecule has 0 heterocycles. The van der Waals surface area contributed by atoms with Crippen molar-refractivity contribution >= 4 is 12.0 Å². The largest absolute Gasteiger partial charge is 0.490 e. The van der Waals surface area contributed by atoms with E-state index in [1.807, 2.05) is 60.7 Å². The molecule has 4 rings (SSSR count). The molecule has 4 aromatic carbocycles. The van der Waals surface area contributed by atoms with Gasteiger partial charge in [0.15, 0.2) is 0 Å². The minimum absolute atomic E-state index is 0.245. The molecule has 0 atom stereocenters. The lowest BCUT2D eigenvalue weighted by Crippen LogP contribution is -2.04. The van der Waals surface area contributed by atoms with Crippen LogP contribution < -0.4 is 4.74 Å². The van der Waals surface area contributed by atoms with Crippen LogP contribution in [0.3, 0.4) is 0 Å². The van der Waals surface area contributed by atoms with Crippen molar-refractivity contribution in [2.75, 3.05) is 13.7 Å². The van der Waals surface area contributed by atoms with Gasteiger partial charge >= 0.3 is 5.97 Å². The third-order valence-electron chi connectivity index (χ3n) is 5.34. The van der Waals surface area contributed by atoms with Crippen molar-refractivity contribution in [3.63, 3.8) is 0 Å². The Morgan fingerprint density at radius 2 is 1.39 bits per heavy atom. The van der Waals surface area contributed by atoms with Crippen molar-refractivity contribution in [1.82, 2.24) is 0 Å². The first-order valence-corrected chi connectivity index (χ1v) is 10.9. The molecule has 0 aliphatic carbocycles. The van der Waals surface area contributed by atoms with E-state index in [0.29, 0.717) is 6.61 Å². The highest BCUT2D eigenvalue weighted by atomic mass is 16.5. The van der Waals surface area contributed by atoms with Crippen LogP contribution in [0.25, 0.3) is 28.3 Å². The monoisotopic (exact) mass is 434 g/mol. The second-order valence-corrected chi connectivity index (χ2v) is 7.68. The molecule has 164 valence electrons. The molecule has 0 radical (unpaired) electrons.